The van der Waals surface area contributed by atoms with Gasteiger partial charge in [0.2, 0.25) is 11.9 Å². The number of carbonyl (C=O) groups excluding carboxylic acids is 1. The van der Waals surface area contributed by atoms with Crippen LogP contribution in [0.2, 0.25) is 0 Å². The molecule has 3 saturated heterocycles. The molecular weight excluding hydrogens is 318 g/mol. The van der Waals surface area contributed by atoms with Crippen molar-refractivity contribution in [2.45, 2.75) is 32.0 Å². The van der Waals surface area contributed by atoms with Gasteiger partial charge in [-0.25, -0.2) is 4.68 Å². The van der Waals surface area contributed by atoms with E-state index in [1.165, 1.54) is 16.7 Å². The summed E-state index contributed by atoms with van der Waals surface area (Å²) in [6.45, 7) is 3.83. The molecular formula is C17H23N7O. The number of amides is 1. The van der Waals surface area contributed by atoms with Crippen molar-refractivity contribution in [2.24, 2.45) is 5.92 Å². The average molecular weight is 341 g/mol. The van der Waals surface area contributed by atoms with Gasteiger partial charge in [-0.05, 0) is 34.7 Å². The molecule has 25 heavy (non-hydrogen) atoms. The van der Waals surface area contributed by atoms with Crippen molar-refractivity contribution < 1.29 is 4.79 Å². The Balaban J connectivity index is 1.44. The summed E-state index contributed by atoms with van der Waals surface area (Å²) in [6.07, 6.45) is 2.25. The van der Waals surface area contributed by atoms with Crippen molar-refractivity contribution in [3.8, 4) is 0 Å². The average Bonchev–Trinajstić information content (AvgIpc) is 2.82. The Morgan fingerprint density at radius 2 is 2.00 bits per heavy atom. The van der Waals surface area contributed by atoms with Crippen molar-refractivity contribution in [3.63, 3.8) is 0 Å². The van der Waals surface area contributed by atoms with Crippen molar-refractivity contribution in [3.05, 3.63) is 35.9 Å². The maximum Gasteiger partial charge on any atom is 0.244 e. The number of piperidine rings is 1. The van der Waals surface area contributed by atoms with Crippen LogP contribution in [-0.2, 0) is 17.9 Å². The van der Waals surface area contributed by atoms with Crippen molar-refractivity contribution in [1.29, 1.82) is 0 Å². The van der Waals surface area contributed by atoms with E-state index in [2.05, 4.69) is 44.7 Å². The van der Waals surface area contributed by atoms with Gasteiger partial charge in [0, 0.05) is 32.2 Å². The SMILES string of the molecule is Nc1nnnn1CC(=O)N1C[C@H]2CC[C@@H]1CN(Cc1ccccc1)C2. The highest BCUT2D eigenvalue weighted by Crippen LogP contribution is 2.29. The second-order valence-corrected chi connectivity index (χ2v) is 7.02. The van der Waals surface area contributed by atoms with Crippen molar-refractivity contribution in [2.75, 3.05) is 25.4 Å². The van der Waals surface area contributed by atoms with E-state index in [-0.39, 0.29) is 24.4 Å². The predicted molar refractivity (Wildman–Crippen MR) is 92.2 cm³/mol. The lowest BCUT2D eigenvalue weighted by Gasteiger charge is -2.36. The molecule has 8 heteroatoms. The van der Waals surface area contributed by atoms with Crippen LogP contribution in [0.25, 0.3) is 0 Å². The quantitative estimate of drug-likeness (QED) is 0.864. The molecule has 8 nitrogen and oxygen atoms in total. The molecule has 5 rings (SSSR count). The normalized spacial score (nSPS) is 23.6. The zero-order valence-corrected chi connectivity index (χ0v) is 14.2. The number of carbonyl (C=O) groups is 1. The van der Waals surface area contributed by atoms with Crippen LogP contribution in [0.15, 0.2) is 30.3 Å². The maximum atomic E-state index is 12.8. The first kappa shape index (κ1) is 16.0. The van der Waals surface area contributed by atoms with Gasteiger partial charge in [0.05, 0.1) is 0 Å². The molecule has 1 amide bonds. The molecule has 1 aromatic heterocycles. The molecule has 3 fully saturated rings. The minimum absolute atomic E-state index is 0.0512. The Kier molecular flexibility index (Phi) is 4.35. The number of nitrogen functional groups attached to an aromatic ring is 1. The summed E-state index contributed by atoms with van der Waals surface area (Å²) < 4.78 is 1.36. The van der Waals surface area contributed by atoms with Gasteiger partial charge in [0.15, 0.2) is 0 Å². The lowest BCUT2D eigenvalue weighted by Crippen LogP contribution is -2.48. The number of hydrogen-bond donors (Lipinski definition) is 1. The molecule has 2 bridgehead atoms. The summed E-state index contributed by atoms with van der Waals surface area (Å²) in [5.74, 6) is 0.756. The first-order chi connectivity index (χ1) is 12.2. The van der Waals surface area contributed by atoms with Gasteiger partial charge in [0.1, 0.15) is 6.54 Å². The van der Waals surface area contributed by atoms with Crippen LogP contribution in [0, 0.1) is 5.92 Å². The minimum Gasteiger partial charge on any atom is -0.367 e. The molecule has 1 aromatic carbocycles. The molecule has 0 aliphatic carbocycles. The number of anilines is 1. The Labute approximate surface area is 146 Å². The van der Waals surface area contributed by atoms with E-state index in [9.17, 15) is 4.79 Å². The molecule has 3 aliphatic heterocycles. The summed E-state index contributed by atoms with van der Waals surface area (Å²) in [4.78, 5) is 17.3. The van der Waals surface area contributed by atoms with Crippen LogP contribution >= 0.6 is 0 Å². The standard InChI is InChI=1S/C17H23N7O/c18-17-19-20-21-24(17)12-16(25)23-10-14-6-7-15(23)11-22(9-14)8-13-4-2-1-3-5-13/h1-5,14-15H,6-12H2,(H2,18,19,21)/t14-,15+/m0/s1. The molecule has 0 saturated carbocycles. The highest BCUT2D eigenvalue weighted by atomic mass is 16.2. The van der Waals surface area contributed by atoms with Gasteiger partial charge in [-0.1, -0.05) is 35.4 Å². The van der Waals surface area contributed by atoms with Crippen molar-refractivity contribution in [1.82, 2.24) is 30.0 Å². The van der Waals surface area contributed by atoms with Crippen LogP contribution in [0.4, 0.5) is 5.95 Å². The van der Waals surface area contributed by atoms with E-state index in [0.717, 1.165) is 32.6 Å². The number of nitrogens with two attached hydrogens (primary N) is 1. The Bertz CT molecular complexity index is 732. The number of benzene rings is 1. The van der Waals surface area contributed by atoms with Gasteiger partial charge in [-0.2, -0.15) is 0 Å². The number of hydrogen-bond acceptors (Lipinski definition) is 6. The van der Waals surface area contributed by atoms with E-state index >= 15 is 0 Å². The second kappa shape index (κ2) is 6.79. The van der Waals surface area contributed by atoms with E-state index in [1.807, 2.05) is 11.0 Å². The van der Waals surface area contributed by atoms with Gasteiger partial charge >= 0.3 is 0 Å². The first-order valence-electron chi connectivity index (χ1n) is 8.76. The van der Waals surface area contributed by atoms with E-state index in [4.69, 9.17) is 5.73 Å². The lowest BCUT2D eigenvalue weighted by molar-refractivity contribution is -0.136. The molecule has 2 N–H and O–H groups in total. The molecule has 2 atom stereocenters. The maximum absolute atomic E-state index is 12.8. The summed E-state index contributed by atoms with van der Waals surface area (Å²) in [5.41, 5.74) is 7.00. The highest BCUT2D eigenvalue weighted by Gasteiger charge is 2.37. The van der Waals surface area contributed by atoms with E-state index < -0.39 is 0 Å². The fraction of sp³-hybridized carbons (Fsp3) is 0.529. The van der Waals surface area contributed by atoms with Crippen LogP contribution in [0.3, 0.4) is 0 Å². The molecule has 0 radical (unpaired) electrons. The molecule has 2 aromatic rings. The summed E-state index contributed by atoms with van der Waals surface area (Å²) in [7, 11) is 0. The number of tetrazole rings is 1. The Morgan fingerprint density at radius 1 is 1.16 bits per heavy atom. The fourth-order valence-corrected chi connectivity index (χ4v) is 4.00. The third-order valence-corrected chi connectivity index (χ3v) is 5.20. The Hall–Kier alpha value is -2.48. The number of fused-ring (bicyclic) bond motifs is 4. The third-order valence-electron chi connectivity index (χ3n) is 5.20. The lowest BCUT2D eigenvalue weighted by atomic mass is 9.95. The molecule has 0 spiro atoms. The number of aromatic nitrogens is 4. The van der Waals surface area contributed by atoms with Crippen LogP contribution in [0.5, 0.6) is 0 Å². The topological polar surface area (TPSA) is 93.2 Å². The zero-order valence-electron chi connectivity index (χ0n) is 14.2. The fourth-order valence-electron chi connectivity index (χ4n) is 4.00. The van der Waals surface area contributed by atoms with Gasteiger partial charge in [-0.3, -0.25) is 9.69 Å². The minimum atomic E-state index is 0.0512. The number of rotatable bonds is 4. The van der Waals surface area contributed by atoms with Gasteiger partial charge in [-0.15, -0.1) is 0 Å². The third kappa shape index (κ3) is 3.48. The Morgan fingerprint density at radius 3 is 2.76 bits per heavy atom. The number of nitrogens with zero attached hydrogens (tertiary/aromatic N) is 6. The monoisotopic (exact) mass is 341 g/mol. The summed E-state index contributed by atoms with van der Waals surface area (Å²) in [5, 5.41) is 10.9. The van der Waals surface area contributed by atoms with Crippen LogP contribution in [-0.4, -0.2) is 61.6 Å². The van der Waals surface area contributed by atoms with E-state index in [1.54, 1.807) is 0 Å². The van der Waals surface area contributed by atoms with Gasteiger partial charge < -0.3 is 10.6 Å². The van der Waals surface area contributed by atoms with Crippen LogP contribution < -0.4 is 5.73 Å². The second-order valence-electron chi connectivity index (χ2n) is 7.02. The molecule has 0 unspecified atom stereocenters. The van der Waals surface area contributed by atoms with Crippen LogP contribution in [0.1, 0.15) is 18.4 Å². The predicted octanol–water partition coefficient (Wildman–Crippen LogP) is 0.378. The summed E-state index contributed by atoms with van der Waals surface area (Å²) >= 11 is 0. The summed E-state index contributed by atoms with van der Waals surface area (Å²) in [6, 6.07) is 10.8. The highest BCUT2D eigenvalue weighted by molar-refractivity contribution is 5.76. The van der Waals surface area contributed by atoms with Crippen molar-refractivity contribution >= 4 is 11.9 Å². The molecule has 132 valence electrons. The van der Waals surface area contributed by atoms with Gasteiger partial charge in [0.25, 0.3) is 0 Å². The molecule has 4 heterocycles. The van der Waals surface area contributed by atoms with E-state index in [0.29, 0.717) is 5.92 Å². The first-order valence-corrected chi connectivity index (χ1v) is 8.76. The smallest absolute Gasteiger partial charge is 0.244 e. The largest absolute Gasteiger partial charge is 0.367 e. The molecule has 3 aliphatic rings. The zero-order chi connectivity index (χ0) is 17.2.